The molecular weight excluding hydrogens is 335 g/mol. The standard InChI is InChI=1S/C13H18Cl2N2O3S/c1-16-7-9-5-10(14)6-12(13(9)15)21(18,19)17-4-3-11(8-17)20-2/h5-6,11,16H,3-4,7-8H2,1-2H3. The van der Waals surface area contributed by atoms with Gasteiger partial charge in [-0.2, -0.15) is 4.31 Å². The second-order valence-electron chi connectivity index (χ2n) is 4.92. The third-order valence-corrected chi connectivity index (χ3v) is 6.17. The second-order valence-corrected chi connectivity index (χ2v) is 7.64. The third-order valence-electron chi connectivity index (χ3n) is 3.51. The third kappa shape index (κ3) is 3.52. The van der Waals surface area contributed by atoms with Gasteiger partial charge in [-0.1, -0.05) is 23.2 Å². The number of benzene rings is 1. The van der Waals surface area contributed by atoms with E-state index in [2.05, 4.69) is 5.32 Å². The van der Waals surface area contributed by atoms with Crippen molar-refractivity contribution in [3.8, 4) is 0 Å². The van der Waals surface area contributed by atoms with Gasteiger partial charge in [0.2, 0.25) is 10.0 Å². The van der Waals surface area contributed by atoms with Crippen molar-refractivity contribution in [2.24, 2.45) is 0 Å². The zero-order chi connectivity index (χ0) is 15.6. The minimum Gasteiger partial charge on any atom is -0.380 e. The minimum atomic E-state index is -3.67. The molecule has 1 aromatic carbocycles. The first-order chi connectivity index (χ1) is 9.90. The molecule has 0 spiro atoms. The molecule has 0 bridgehead atoms. The molecule has 1 N–H and O–H groups in total. The van der Waals surface area contributed by atoms with E-state index in [1.165, 1.54) is 10.4 Å². The number of ether oxygens (including phenoxy) is 1. The van der Waals surface area contributed by atoms with Gasteiger partial charge in [-0.3, -0.25) is 0 Å². The molecule has 0 aromatic heterocycles. The lowest BCUT2D eigenvalue weighted by Crippen LogP contribution is -2.30. The van der Waals surface area contributed by atoms with Crippen LogP contribution in [-0.4, -0.2) is 46.1 Å². The summed E-state index contributed by atoms with van der Waals surface area (Å²) in [6, 6.07) is 3.07. The smallest absolute Gasteiger partial charge is 0.244 e. The van der Waals surface area contributed by atoms with Gasteiger partial charge < -0.3 is 10.1 Å². The van der Waals surface area contributed by atoms with Crippen LogP contribution in [0.4, 0.5) is 0 Å². The maximum Gasteiger partial charge on any atom is 0.244 e. The summed E-state index contributed by atoms with van der Waals surface area (Å²) in [7, 11) is -0.326. The highest BCUT2D eigenvalue weighted by molar-refractivity contribution is 7.89. The molecule has 118 valence electrons. The van der Waals surface area contributed by atoms with E-state index in [0.717, 1.165) is 0 Å². The molecule has 1 atom stereocenters. The van der Waals surface area contributed by atoms with Crippen molar-refractivity contribution < 1.29 is 13.2 Å². The molecule has 1 saturated heterocycles. The molecule has 0 saturated carbocycles. The molecule has 2 rings (SSSR count). The van der Waals surface area contributed by atoms with Crippen molar-refractivity contribution >= 4 is 33.2 Å². The van der Waals surface area contributed by atoms with Crippen molar-refractivity contribution in [3.63, 3.8) is 0 Å². The summed E-state index contributed by atoms with van der Waals surface area (Å²) in [5.74, 6) is 0. The molecule has 5 nitrogen and oxygen atoms in total. The van der Waals surface area contributed by atoms with Crippen LogP contribution in [0.1, 0.15) is 12.0 Å². The number of nitrogens with zero attached hydrogens (tertiary/aromatic N) is 1. The lowest BCUT2D eigenvalue weighted by Gasteiger charge is -2.18. The van der Waals surface area contributed by atoms with Crippen LogP contribution >= 0.6 is 23.2 Å². The SMILES string of the molecule is CNCc1cc(Cl)cc(S(=O)(=O)N2CCC(OC)C2)c1Cl. The maximum absolute atomic E-state index is 12.7. The summed E-state index contributed by atoms with van der Waals surface area (Å²) in [4.78, 5) is 0.0543. The number of halogens is 2. The quantitative estimate of drug-likeness (QED) is 0.881. The van der Waals surface area contributed by atoms with E-state index in [1.807, 2.05) is 0 Å². The van der Waals surface area contributed by atoms with Gasteiger partial charge in [0.1, 0.15) is 4.90 Å². The molecule has 21 heavy (non-hydrogen) atoms. The largest absolute Gasteiger partial charge is 0.380 e. The highest BCUT2D eigenvalue weighted by Crippen LogP contribution is 2.33. The molecule has 0 radical (unpaired) electrons. The number of nitrogens with one attached hydrogen (secondary N) is 1. The average molecular weight is 353 g/mol. The van der Waals surface area contributed by atoms with Gasteiger partial charge in [-0.05, 0) is 31.2 Å². The van der Waals surface area contributed by atoms with Crippen molar-refractivity contribution in [1.29, 1.82) is 0 Å². The Morgan fingerprint density at radius 2 is 2.14 bits per heavy atom. The minimum absolute atomic E-state index is 0.0543. The summed E-state index contributed by atoms with van der Waals surface area (Å²) >= 11 is 12.3. The molecule has 1 aliphatic rings. The van der Waals surface area contributed by atoms with Gasteiger partial charge in [-0.15, -0.1) is 0 Å². The van der Waals surface area contributed by atoms with E-state index < -0.39 is 10.0 Å². The first-order valence-corrected chi connectivity index (χ1v) is 8.75. The number of methoxy groups -OCH3 is 1. The Kier molecular flexibility index (Phi) is 5.51. The maximum atomic E-state index is 12.7. The van der Waals surface area contributed by atoms with Crippen molar-refractivity contribution in [2.45, 2.75) is 24.0 Å². The van der Waals surface area contributed by atoms with Gasteiger partial charge in [0, 0.05) is 31.8 Å². The van der Waals surface area contributed by atoms with Crippen molar-refractivity contribution in [2.75, 3.05) is 27.2 Å². The fraction of sp³-hybridized carbons (Fsp3) is 0.538. The van der Waals surface area contributed by atoms with Gasteiger partial charge in [0.15, 0.2) is 0 Å². The van der Waals surface area contributed by atoms with Crippen LogP contribution in [0.3, 0.4) is 0 Å². The van der Waals surface area contributed by atoms with Gasteiger partial charge in [-0.25, -0.2) is 8.42 Å². The summed E-state index contributed by atoms with van der Waals surface area (Å²) in [5.41, 5.74) is 0.660. The van der Waals surface area contributed by atoms with Crippen LogP contribution in [0.5, 0.6) is 0 Å². The lowest BCUT2D eigenvalue weighted by molar-refractivity contribution is 0.115. The monoisotopic (exact) mass is 352 g/mol. The molecule has 1 unspecified atom stereocenters. The number of rotatable bonds is 5. The molecular formula is C13H18Cl2N2O3S. The fourth-order valence-corrected chi connectivity index (χ4v) is 4.77. The number of sulfonamides is 1. The highest BCUT2D eigenvalue weighted by Gasteiger charge is 2.34. The predicted molar refractivity (Wildman–Crippen MR) is 83.4 cm³/mol. The van der Waals surface area contributed by atoms with E-state index in [4.69, 9.17) is 27.9 Å². The van der Waals surface area contributed by atoms with Crippen LogP contribution in [0, 0.1) is 0 Å². The summed E-state index contributed by atoms with van der Waals surface area (Å²) in [6.45, 7) is 1.21. The molecule has 1 aliphatic heterocycles. The van der Waals surface area contributed by atoms with Gasteiger partial charge in [0.05, 0.1) is 11.1 Å². The van der Waals surface area contributed by atoms with Crippen LogP contribution in [-0.2, 0) is 21.3 Å². The summed E-state index contributed by atoms with van der Waals surface area (Å²) < 4.78 is 32.1. The topological polar surface area (TPSA) is 58.6 Å². The van der Waals surface area contributed by atoms with Crippen molar-refractivity contribution in [1.82, 2.24) is 9.62 Å². The lowest BCUT2D eigenvalue weighted by atomic mass is 10.2. The molecule has 0 amide bonds. The summed E-state index contributed by atoms with van der Waals surface area (Å²) in [5, 5.41) is 3.51. The normalized spacial score (nSPS) is 20.1. The van der Waals surface area contributed by atoms with Crippen LogP contribution < -0.4 is 5.32 Å². The van der Waals surface area contributed by atoms with E-state index in [9.17, 15) is 8.42 Å². The Labute approximate surface area is 135 Å². The summed E-state index contributed by atoms with van der Waals surface area (Å²) in [6.07, 6.45) is 0.603. The van der Waals surface area contributed by atoms with Gasteiger partial charge >= 0.3 is 0 Å². The zero-order valence-corrected chi connectivity index (χ0v) is 14.2. The van der Waals surface area contributed by atoms with Crippen LogP contribution in [0.15, 0.2) is 17.0 Å². The molecule has 8 heteroatoms. The Morgan fingerprint density at radius 1 is 1.43 bits per heavy atom. The van der Waals surface area contributed by atoms with Crippen LogP contribution in [0.25, 0.3) is 0 Å². The molecule has 0 aliphatic carbocycles. The fourth-order valence-electron chi connectivity index (χ4n) is 2.37. The molecule has 1 fully saturated rings. The van der Waals surface area contributed by atoms with E-state index in [0.29, 0.717) is 36.6 Å². The Balaban J connectivity index is 2.40. The van der Waals surface area contributed by atoms with Crippen LogP contribution in [0.2, 0.25) is 10.0 Å². The zero-order valence-electron chi connectivity index (χ0n) is 11.9. The Bertz CT molecular complexity index is 622. The molecule has 1 aromatic rings. The average Bonchev–Trinajstić information content (AvgIpc) is 2.92. The van der Waals surface area contributed by atoms with E-state index in [-0.39, 0.29) is 16.0 Å². The first kappa shape index (κ1) is 17.0. The number of hydrogen-bond acceptors (Lipinski definition) is 4. The van der Waals surface area contributed by atoms with E-state index in [1.54, 1.807) is 20.2 Å². The predicted octanol–water partition coefficient (Wildman–Crippen LogP) is 2.12. The number of hydrogen-bond donors (Lipinski definition) is 1. The molecule has 1 heterocycles. The Morgan fingerprint density at radius 3 is 2.71 bits per heavy atom. The first-order valence-electron chi connectivity index (χ1n) is 6.55. The van der Waals surface area contributed by atoms with Gasteiger partial charge in [0.25, 0.3) is 0 Å². The van der Waals surface area contributed by atoms with E-state index >= 15 is 0 Å². The van der Waals surface area contributed by atoms with Crippen molar-refractivity contribution in [3.05, 3.63) is 27.7 Å². The second kappa shape index (κ2) is 6.81. The Hall–Kier alpha value is -0.370. The highest BCUT2D eigenvalue weighted by atomic mass is 35.5.